The van der Waals surface area contributed by atoms with Crippen molar-refractivity contribution in [3.8, 4) is 11.1 Å². The van der Waals surface area contributed by atoms with Gasteiger partial charge >= 0.3 is 5.97 Å². The lowest BCUT2D eigenvalue weighted by atomic mass is 10.0. The lowest BCUT2D eigenvalue weighted by molar-refractivity contribution is 0.0515. The number of halogens is 2. The Labute approximate surface area is 108 Å². The van der Waals surface area contributed by atoms with Crippen molar-refractivity contribution in [2.75, 3.05) is 6.61 Å². The number of aromatic nitrogens is 1. The molecule has 0 aliphatic rings. The van der Waals surface area contributed by atoms with E-state index in [1.807, 2.05) is 0 Å². The predicted octanol–water partition coefficient (Wildman–Crippen LogP) is 3.20. The van der Waals surface area contributed by atoms with Crippen LogP contribution in [0, 0.1) is 11.6 Å². The zero-order valence-electron chi connectivity index (χ0n) is 10.2. The molecule has 1 heterocycles. The van der Waals surface area contributed by atoms with E-state index < -0.39 is 23.2 Å². The van der Waals surface area contributed by atoms with Gasteiger partial charge in [-0.2, -0.15) is 0 Å². The van der Waals surface area contributed by atoms with E-state index in [4.69, 9.17) is 0 Å². The Bertz CT molecular complexity index is 577. The van der Waals surface area contributed by atoms with Crippen molar-refractivity contribution in [2.24, 2.45) is 0 Å². The van der Waals surface area contributed by atoms with Gasteiger partial charge < -0.3 is 4.74 Å². The molecule has 0 aliphatic heterocycles. The zero-order chi connectivity index (χ0) is 13.8. The summed E-state index contributed by atoms with van der Waals surface area (Å²) in [6.45, 7) is 1.62. The van der Waals surface area contributed by atoms with Gasteiger partial charge in [0.1, 0.15) is 17.2 Å². The van der Waals surface area contributed by atoms with E-state index in [0.717, 1.165) is 12.1 Å². The van der Waals surface area contributed by atoms with E-state index in [1.165, 1.54) is 6.20 Å². The second kappa shape index (κ2) is 5.56. The molecular weight excluding hydrogens is 252 g/mol. The molecule has 0 spiro atoms. The molecule has 0 radical (unpaired) electrons. The van der Waals surface area contributed by atoms with Gasteiger partial charge in [-0.3, -0.25) is 4.98 Å². The minimum Gasteiger partial charge on any atom is -0.462 e. The first-order valence-electron chi connectivity index (χ1n) is 5.70. The second-order valence-corrected chi connectivity index (χ2v) is 3.78. The molecule has 2 aromatic rings. The zero-order valence-corrected chi connectivity index (χ0v) is 10.2. The van der Waals surface area contributed by atoms with Crippen molar-refractivity contribution in [3.05, 3.63) is 53.9 Å². The monoisotopic (exact) mass is 263 g/mol. The SMILES string of the molecule is CCOC(=O)c1c(F)cc(-c2cccnc2)cc1F. The van der Waals surface area contributed by atoms with Gasteiger partial charge in [-0.15, -0.1) is 0 Å². The van der Waals surface area contributed by atoms with Crippen LogP contribution in [0.3, 0.4) is 0 Å². The van der Waals surface area contributed by atoms with Crippen LogP contribution < -0.4 is 0 Å². The predicted molar refractivity (Wildman–Crippen MR) is 65.5 cm³/mol. The van der Waals surface area contributed by atoms with E-state index in [-0.39, 0.29) is 6.61 Å². The average molecular weight is 263 g/mol. The smallest absolute Gasteiger partial charge is 0.344 e. The van der Waals surface area contributed by atoms with Gasteiger partial charge in [-0.05, 0) is 30.7 Å². The quantitative estimate of drug-likeness (QED) is 0.798. The summed E-state index contributed by atoms with van der Waals surface area (Å²) in [6.07, 6.45) is 3.04. The minimum atomic E-state index is -1.00. The van der Waals surface area contributed by atoms with Crippen molar-refractivity contribution in [1.82, 2.24) is 4.98 Å². The third-order valence-electron chi connectivity index (χ3n) is 2.52. The molecule has 3 nitrogen and oxygen atoms in total. The topological polar surface area (TPSA) is 39.2 Å². The molecular formula is C14H11F2NO2. The molecule has 2 rings (SSSR count). The lowest BCUT2D eigenvalue weighted by Crippen LogP contribution is -2.10. The molecule has 0 unspecified atom stereocenters. The molecule has 5 heteroatoms. The van der Waals surface area contributed by atoms with Gasteiger partial charge in [-0.1, -0.05) is 6.07 Å². The highest BCUT2D eigenvalue weighted by Gasteiger charge is 2.20. The van der Waals surface area contributed by atoms with E-state index in [2.05, 4.69) is 9.72 Å². The highest BCUT2D eigenvalue weighted by molar-refractivity contribution is 5.90. The number of rotatable bonds is 3. The van der Waals surface area contributed by atoms with E-state index in [9.17, 15) is 13.6 Å². The summed E-state index contributed by atoms with van der Waals surface area (Å²) in [6, 6.07) is 5.51. The summed E-state index contributed by atoms with van der Waals surface area (Å²) in [5, 5.41) is 0. The summed E-state index contributed by atoms with van der Waals surface area (Å²) in [5.74, 6) is -2.90. The normalized spacial score (nSPS) is 10.3. The third kappa shape index (κ3) is 2.76. The Kier molecular flexibility index (Phi) is 3.85. The van der Waals surface area contributed by atoms with Gasteiger partial charge in [0, 0.05) is 18.0 Å². The first-order valence-corrected chi connectivity index (χ1v) is 5.70. The molecule has 0 fully saturated rings. The van der Waals surface area contributed by atoms with Crippen LogP contribution in [0.15, 0.2) is 36.7 Å². The molecule has 98 valence electrons. The Hall–Kier alpha value is -2.30. The van der Waals surface area contributed by atoms with Crippen LogP contribution in [0.4, 0.5) is 8.78 Å². The maximum atomic E-state index is 13.8. The molecule has 1 aromatic heterocycles. The van der Waals surface area contributed by atoms with Gasteiger partial charge in [0.2, 0.25) is 0 Å². The third-order valence-corrected chi connectivity index (χ3v) is 2.52. The summed E-state index contributed by atoms with van der Waals surface area (Å²) < 4.78 is 32.2. The molecule has 0 aliphatic carbocycles. The first-order chi connectivity index (χ1) is 9.13. The van der Waals surface area contributed by atoms with Gasteiger partial charge in [0.05, 0.1) is 6.61 Å². The van der Waals surface area contributed by atoms with Crippen molar-refractivity contribution < 1.29 is 18.3 Å². The fourth-order valence-electron chi connectivity index (χ4n) is 1.67. The van der Waals surface area contributed by atoms with Crippen LogP contribution >= 0.6 is 0 Å². The number of ether oxygens (including phenoxy) is 1. The molecule has 0 saturated heterocycles. The van der Waals surface area contributed by atoms with Crippen LogP contribution in [0.2, 0.25) is 0 Å². The highest BCUT2D eigenvalue weighted by Crippen LogP contribution is 2.24. The maximum Gasteiger partial charge on any atom is 0.344 e. The summed E-state index contributed by atoms with van der Waals surface area (Å²) >= 11 is 0. The van der Waals surface area contributed by atoms with Crippen LogP contribution in [0.25, 0.3) is 11.1 Å². The maximum absolute atomic E-state index is 13.8. The molecule has 0 atom stereocenters. The first kappa shape index (κ1) is 13.1. The molecule has 1 aromatic carbocycles. The minimum absolute atomic E-state index is 0.0576. The Morgan fingerprint density at radius 1 is 1.26 bits per heavy atom. The number of hydrogen-bond acceptors (Lipinski definition) is 3. The van der Waals surface area contributed by atoms with Crippen molar-refractivity contribution in [3.63, 3.8) is 0 Å². The number of carbonyl (C=O) groups is 1. The lowest BCUT2D eigenvalue weighted by Gasteiger charge is -2.07. The van der Waals surface area contributed by atoms with Crippen molar-refractivity contribution in [2.45, 2.75) is 6.92 Å². The number of benzene rings is 1. The number of nitrogens with zero attached hydrogens (tertiary/aromatic N) is 1. The highest BCUT2D eigenvalue weighted by atomic mass is 19.1. The summed E-state index contributed by atoms with van der Waals surface area (Å²) in [7, 11) is 0. The van der Waals surface area contributed by atoms with Crippen LogP contribution in [0.1, 0.15) is 17.3 Å². The van der Waals surface area contributed by atoms with E-state index >= 15 is 0 Å². The van der Waals surface area contributed by atoms with Crippen molar-refractivity contribution in [1.29, 1.82) is 0 Å². The fraction of sp³-hybridized carbons (Fsp3) is 0.143. The average Bonchev–Trinajstić information content (AvgIpc) is 2.39. The van der Waals surface area contributed by atoms with Crippen LogP contribution in [-0.2, 0) is 4.74 Å². The summed E-state index contributed by atoms with van der Waals surface area (Å²) in [4.78, 5) is 15.3. The van der Waals surface area contributed by atoms with Gasteiger partial charge in [0.15, 0.2) is 0 Å². The second-order valence-electron chi connectivity index (χ2n) is 3.78. The molecule has 19 heavy (non-hydrogen) atoms. The largest absolute Gasteiger partial charge is 0.462 e. The molecule has 0 N–H and O–H groups in total. The standard InChI is InChI=1S/C14H11F2NO2/c1-2-19-14(18)13-11(15)6-10(7-12(13)16)9-4-3-5-17-8-9/h3-8H,2H2,1H3. The van der Waals surface area contributed by atoms with Gasteiger partial charge in [-0.25, -0.2) is 13.6 Å². The van der Waals surface area contributed by atoms with Crippen LogP contribution in [-0.4, -0.2) is 17.6 Å². The molecule has 0 bridgehead atoms. The summed E-state index contributed by atoms with van der Waals surface area (Å²) in [5.41, 5.74) is 0.210. The van der Waals surface area contributed by atoms with E-state index in [0.29, 0.717) is 11.1 Å². The van der Waals surface area contributed by atoms with Crippen molar-refractivity contribution >= 4 is 5.97 Å². The number of pyridine rings is 1. The van der Waals surface area contributed by atoms with Gasteiger partial charge in [0.25, 0.3) is 0 Å². The molecule has 0 amide bonds. The fourth-order valence-corrected chi connectivity index (χ4v) is 1.67. The number of hydrogen-bond donors (Lipinski definition) is 0. The number of esters is 1. The molecule has 0 saturated carbocycles. The Balaban J connectivity index is 2.45. The Morgan fingerprint density at radius 3 is 2.47 bits per heavy atom. The number of carbonyl (C=O) groups excluding carboxylic acids is 1. The van der Waals surface area contributed by atoms with Crippen LogP contribution in [0.5, 0.6) is 0 Å². The van der Waals surface area contributed by atoms with E-state index in [1.54, 1.807) is 25.3 Å². The Morgan fingerprint density at radius 2 is 1.95 bits per heavy atom.